The van der Waals surface area contributed by atoms with Crippen LogP contribution in [-0.4, -0.2) is 43.8 Å². The fourth-order valence-electron chi connectivity index (χ4n) is 2.00. The summed E-state index contributed by atoms with van der Waals surface area (Å²) in [5, 5.41) is 0. The highest BCUT2D eigenvalue weighted by molar-refractivity contribution is 6.52. The molecule has 108 valence electrons. The van der Waals surface area contributed by atoms with Crippen LogP contribution in [0.4, 0.5) is 18.9 Å². The lowest BCUT2D eigenvalue weighted by Crippen LogP contribution is -2.35. The van der Waals surface area contributed by atoms with E-state index in [-0.39, 0.29) is 17.8 Å². The molecule has 0 N–H and O–H groups in total. The maximum Gasteiger partial charge on any atom is 0.416 e. The van der Waals surface area contributed by atoms with Crippen LogP contribution in [0, 0.1) is 0 Å². The number of anilines is 1. The number of carbonyl (C=O) groups excluding carboxylic acids is 2. The number of rotatable bonds is 3. The first-order chi connectivity index (χ1) is 9.21. The molecule has 0 atom stereocenters. The third-order valence-corrected chi connectivity index (χ3v) is 3.07. The van der Waals surface area contributed by atoms with Crippen molar-refractivity contribution in [3.63, 3.8) is 0 Å². The van der Waals surface area contributed by atoms with Crippen LogP contribution in [0.15, 0.2) is 18.2 Å². The fraction of sp³-hybridized carbons (Fsp3) is 0.385. The molecule has 0 unspecified atom stereocenters. The number of hydrogen-bond acceptors (Lipinski definition) is 3. The monoisotopic (exact) mass is 286 g/mol. The Morgan fingerprint density at radius 1 is 1.20 bits per heavy atom. The molecule has 0 aromatic heterocycles. The molecule has 1 aromatic carbocycles. The molecule has 0 saturated heterocycles. The summed E-state index contributed by atoms with van der Waals surface area (Å²) >= 11 is 0. The van der Waals surface area contributed by atoms with Gasteiger partial charge in [-0.1, -0.05) is 0 Å². The molecule has 0 aliphatic carbocycles. The van der Waals surface area contributed by atoms with Crippen molar-refractivity contribution < 1.29 is 22.8 Å². The van der Waals surface area contributed by atoms with Gasteiger partial charge in [0.15, 0.2) is 0 Å². The summed E-state index contributed by atoms with van der Waals surface area (Å²) in [4.78, 5) is 26.6. The standard InChI is InChI=1S/C13H13F3N2O2/c1-17(2)5-6-18-10-4-3-8(13(14,15)16)7-9(10)11(19)12(18)20/h3-4,7H,5-6H2,1-2H3. The smallest absolute Gasteiger partial charge is 0.308 e. The molecule has 0 saturated carbocycles. The lowest BCUT2D eigenvalue weighted by atomic mass is 10.1. The molecule has 20 heavy (non-hydrogen) atoms. The van der Waals surface area contributed by atoms with E-state index in [9.17, 15) is 22.8 Å². The summed E-state index contributed by atoms with van der Waals surface area (Å²) < 4.78 is 37.8. The number of alkyl halides is 3. The minimum absolute atomic E-state index is 0.177. The van der Waals surface area contributed by atoms with Crippen molar-refractivity contribution in [3.05, 3.63) is 29.3 Å². The number of fused-ring (bicyclic) bond motifs is 1. The van der Waals surface area contributed by atoms with Gasteiger partial charge in [-0.05, 0) is 32.3 Å². The zero-order valence-corrected chi connectivity index (χ0v) is 11.0. The lowest BCUT2D eigenvalue weighted by Gasteiger charge is -2.19. The molecule has 0 radical (unpaired) electrons. The van der Waals surface area contributed by atoms with Crippen LogP contribution >= 0.6 is 0 Å². The minimum atomic E-state index is -4.53. The van der Waals surface area contributed by atoms with Gasteiger partial charge >= 0.3 is 6.18 Å². The number of halogens is 3. The van der Waals surface area contributed by atoms with Crippen molar-refractivity contribution in [2.75, 3.05) is 32.1 Å². The second kappa shape index (κ2) is 4.90. The Hall–Kier alpha value is -1.89. The van der Waals surface area contributed by atoms with Crippen LogP contribution in [0.1, 0.15) is 15.9 Å². The van der Waals surface area contributed by atoms with E-state index >= 15 is 0 Å². The number of ketones is 1. The van der Waals surface area contributed by atoms with Gasteiger partial charge in [0.1, 0.15) is 0 Å². The number of benzene rings is 1. The average molecular weight is 286 g/mol. The molecule has 0 spiro atoms. The summed E-state index contributed by atoms with van der Waals surface area (Å²) in [6.07, 6.45) is -4.53. The summed E-state index contributed by atoms with van der Waals surface area (Å²) in [5.74, 6) is -1.66. The minimum Gasteiger partial charge on any atom is -0.308 e. The molecule has 1 aliphatic heterocycles. The zero-order chi connectivity index (χ0) is 15.1. The van der Waals surface area contributed by atoms with E-state index in [1.165, 1.54) is 11.0 Å². The highest BCUT2D eigenvalue weighted by atomic mass is 19.4. The summed E-state index contributed by atoms with van der Waals surface area (Å²) in [6.45, 7) is 0.773. The van der Waals surface area contributed by atoms with Crippen molar-refractivity contribution in [1.82, 2.24) is 4.90 Å². The normalized spacial score (nSPS) is 15.2. The first-order valence-corrected chi connectivity index (χ1v) is 5.94. The Bertz CT molecular complexity index is 567. The van der Waals surface area contributed by atoms with Crippen LogP contribution in [-0.2, 0) is 11.0 Å². The predicted molar refractivity (Wildman–Crippen MR) is 66.7 cm³/mol. The van der Waals surface area contributed by atoms with Crippen molar-refractivity contribution >= 4 is 17.4 Å². The molecule has 7 heteroatoms. The molecule has 2 rings (SSSR count). The summed E-state index contributed by atoms with van der Waals surface area (Å²) in [7, 11) is 3.60. The third-order valence-electron chi connectivity index (χ3n) is 3.07. The quantitative estimate of drug-likeness (QED) is 0.796. The SMILES string of the molecule is CN(C)CCN1C(=O)C(=O)c2cc(C(F)(F)F)ccc21. The molecule has 4 nitrogen and oxygen atoms in total. The van der Waals surface area contributed by atoms with Gasteiger partial charge in [-0.25, -0.2) is 0 Å². The number of Topliss-reactive ketones (excluding diaryl/α,β-unsaturated/α-hetero) is 1. The Balaban J connectivity index is 2.37. The topological polar surface area (TPSA) is 40.6 Å². The van der Waals surface area contributed by atoms with E-state index in [4.69, 9.17) is 0 Å². The van der Waals surface area contributed by atoms with Gasteiger partial charge in [0, 0.05) is 13.1 Å². The maximum atomic E-state index is 12.6. The number of nitrogens with zero attached hydrogens (tertiary/aromatic N) is 2. The molecule has 0 bridgehead atoms. The van der Waals surface area contributed by atoms with Crippen molar-refractivity contribution in [1.29, 1.82) is 0 Å². The van der Waals surface area contributed by atoms with E-state index in [0.717, 1.165) is 12.1 Å². The number of likely N-dealkylation sites (N-methyl/N-ethyl adjacent to an activating group) is 1. The van der Waals surface area contributed by atoms with Gasteiger partial charge in [-0.2, -0.15) is 13.2 Å². The van der Waals surface area contributed by atoms with Crippen LogP contribution in [0.2, 0.25) is 0 Å². The van der Waals surface area contributed by atoms with Crippen LogP contribution in [0.3, 0.4) is 0 Å². The Labute approximate surface area is 113 Å². The molecular weight excluding hydrogens is 273 g/mol. The van der Waals surface area contributed by atoms with Crippen LogP contribution in [0.5, 0.6) is 0 Å². The van der Waals surface area contributed by atoms with Crippen molar-refractivity contribution in [2.45, 2.75) is 6.18 Å². The number of hydrogen-bond donors (Lipinski definition) is 0. The summed E-state index contributed by atoms with van der Waals surface area (Å²) in [5.41, 5.74) is -0.856. The van der Waals surface area contributed by atoms with E-state index < -0.39 is 23.4 Å². The lowest BCUT2D eigenvalue weighted by molar-refractivity contribution is -0.137. The molecule has 1 heterocycles. The van der Waals surface area contributed by atoms with Gasteiger partial charge in [-0.15, -0.1) is 0 Å². The zero-order valence-electron chi connectivity index (χ0n) is 11.0. The predicted octanol–water partition coefficient (Wildman–Crippen LogP) is 1.80. The van der Waals surface area contributed by atoms with E-state index in [1.54, 1.807) is 14.1 Å². The highest BCUT2D eigenvalue weighted by Gasteiger charge is 2.39. The van der Waals surface area contributed by atoms with Crippen molar-refractivity contribution in [3.8, 4) is 0 Å². The Morgan fingerprint density at radius 3 is 2.40 bits per heavy atom. The van der Waals surface area contributed by atoms with Crippen molar-refractivity contribution in [2.24, 2.45) is 0 Å². The molecule has 1 amide bonds. The van der Waals surface area contributed by atoms with Gasteiger partial charge in [0.05, 0.1) is 16.8 Å². The first-order valence-electron chi connectivity index (χ1n) is 5.94. The van der Waals surface area contributed by atoms with Gasteiger partial charge < -0.3 is 9.80 Å². The van der Waals surface area contributed by atoms with Crippen LogP contribution in [0.25, 0.3) is 0 Å². The van der Waals surface area contributed by atoms with E-state index in [1.807, 2.05) is 4.90 Å². The molecule has 0 fully saturated rings. The number of carbonyl (C=O) groups is 2. The molecular formula is C13H13F3N2O2. The Kier molecular flexibility index (Phi) is 3.56. The summed E-state index contributed by atoms with van der Waals surface area (Å²) in [6, 6.07) is 2.80. The van der Waals surface area contributed by atoms with Gasteiger partial charge in [0.25, 0.3) is 11.7 Å². The van der Waals surface area contributed by atoms with E-state index in [0.29, 0.717) is 6.54 Å². The third kappa shape index (κ3) is 2.53. The first kappa shape index (κ1) is 14.5. The highest BCUT2D eigenvalue weighted by Crippen LogP contribution is 2.35. The average Bonchev–Trinajstić information content (AvgIpc) is 2.58. The van der Waals surface area contributed by atoms with E-state index in [2.05, 4.69) is 0 Å². The fourth-order valence-corrected chi connectivity index (χ4v) is 2.00. The molecule has 1 aliphatic rings. The van der Waals surface area contributed by atoms with Crippen LogP contribution < -0.4 is 4.90 Å². The Morgan fingerprint density at radius 2 is 1.85 bits per heavy atom. The maximum absolute atomic E-state index is 12.6. The second-order valence-corrected chi connectivity index (χ2v) is 4.82. The number of amides is 1. The van der Waals surface area contributed by atoms with Gasteiger partial charge in [0.2, 0.25) is 0 Å². The van der Waals surface area contributed by atoms with Gasteiger partial charge in [-0.3, -0.25) is 9.59 Å². The second-order valence-electron chi connectivity index (χ2n) is 4.82. The largest absolute Gasteiger partial charge is 0.416 e. The molecule has 1 aromatic rings.